The maximum Gasteiger partial charge on any atom is 0.0761 e. The highest BCUT2D eigenvalue weighted by Gasteiger charge is 2.17. The van der Waals surface area contributed by atoms with Crippen LogP contribution in [0.4, 0.5) is 0 Å². The Balaban J connectivity index is 2.35. The van der Waals surface area contributed by atoms with Crippen molar-refractivity contribution >= 4 is 55.0 Å². The Morgan fingerprint density at radius 2 is 1.89 bits per heavy atom. The molecule has 1 nitrogen and oxygen atoms in total. The lowest BCUT2D eigenvalue weighted by Crippen LogP contribution is -2.17. The summed E-state index contributed by atoms with van der Waals surface area (Å²) in [5, 5.41) is 3.38. The highest BCUT2D eigenvalue weighted by molar-refractivity contribution is 9.12. The first kappa shape index (κ1) is 14.6. The lowest BCUT2D eigenvalue weighted by molar-refractivity contribution is 0.691. The van der Waals surface area contributed by atoms with Crippen LogP contribution in [-0.4, -0.2) is 13.3 Å². The molecular weight excluding hydrogens is 394 g/mol. The number of rotatable bonds is 4. The lowest BCUT2D eigenvalue weighted by Gasteiger charge is -2.16. The van der Waals surface area contributed by atoms with Crippen LogP contribution in [-0.2, 0) is 0 Å². The summed E-state index contributed by atoms with van der Waals surface area (Å²) in [5.74, 6) is 0. The molecule has 1 heterocycles. The van der Waals surface area contributed by atoms with Crippen LogP contribution in [0.5, 0.6) is 0 Å². The molecule has 0 bridgehead atoms. The zero-order valence-electron chi connectivity index (χ0n) is 10.0. The van der Waals surface area contributed by atoms with Crippen LogP contribution >= 0.6 is 55.0 Å². The van der Waals surface area contributed by atoms with Crippen molar-refractivity contribution in [2.24, 2.45) is 0 Å². The minimum absolute atomic E-state index is 0.220. The molecule has 96 valence electrons. The number of nitrogens with one attached hydrogen (secondary N) is 1. The smallest absolute Gasteiger partial charge is 0.0761 e. The molecule has 0 aliphatic rings. The van der Waals surface area contributed by atoms with Gasteiger partial charge in [-0.25, -0.2) is 0 Å². The molecule has 2 aromatic rings. The van der Waals surface area contributed by atoms with Crippen molar-refractivity contribution < 1.29 is 0 Å². The zero-order chi connectivity index (χ0) is 13.1. The van der Waals surface area contributed by atoms with Gasteiger partial charge in [0.1, 0.15) is 0 Å². The number of thiophene rings is 1. The summed E-state index contributed by atoms with van der Waals surface area (Å²) in [7, 11) is 1.99. The summed E-state index contributed by atoms with van der Waals surface area (Å²) in [6.45, 7) is 0. The van der Waals surface area contributed by atoms with E-state index in [4.69, 9.17) is 0 Å². The van der Waals surface area contributed by atoms with E-state index in [9.17, 15) is 0 Å². The van der Waals surface area contributed by atoms with Gasteiger partial charge in [0, 0.05) is 4.90 Å². The second-order valence-electron chi connectivity index (χ2n) is 3.77. The van der Waals surface area contributed by atoms with E-state index in [1.54, 1.807) is 23.1 Å². The highest BCUT2D eigenvalue weighted by atomic mass is 79.9. The Kier molecular flexibility index (Phi) is 5.33. The third-order valence-electron chi connectivity index (χ3n) is 2.73. The molecule has 0 saturated carbocycles. The third kappa shape index (κ3) is 3.20. The van der Waals surface area contributed by atoms with Gasteiger partial charge in [0.15, 0.2) is 0 Å². The first-order valence-corrected chi connectivity index (χ1v) is 9.04. The predicted octanol–water partition coefficient (Wildman–Crippen LogP) is 5.30. The molecule has 1 N–H and O–H groups in total. The van der Waals surface area contributed by atoms with E-state index in [0.717, 1.165) is 3.79 Å². The second-order valence-corrected chi connectivity index (χ2v) is 8.40. The molecule has 1 unspecified atom stereocenters. The van der Waals surface area contributed by atoms with E-state index < -0.39 is 0 Å². The molecule has 0 saturated heterocycles. The van der Waals surface area contributed by atoms with E-state index in [1.807, 2.05) is 7.05 Å². The van der Waals surface area contributed by atoms with Crippen LogP contribution in [0.25, 0.3) is 0 Å². The SMILES string of the molecule is CNC(c1ccc(SC)cc1)c1cc(Br)sc1Br. The number of benzene rings is 1. The van der Waals surface area contributed by atoms with Crippen molar-refractivity contribution in [3.63, 3.8) is 0 Å². The van der Waals surface area contributed by atoms with Gasteiger partial charge < -0.3 is 5.32 Å². The van der Waals surface area contributed by atoms with Crippen LogP contribution in [0.2, 0.25) is 0 Å². The van der Waals surface area contributed by atoms with E-state index in [2.05, 4.69) is 73.8 Å². The molecule has 0 aliphatic heterocycles. The predicted molar refractivity (Wildman–Crippen MR) is 88.8 cm³/mol. The number of thioether (sulfide) groups is 1. The third-order valence-corrected chi connectivity index (χ3v) is 5.86. The first-order chi connectivity index (χ1) is 8.65. The van der Waals surface area contributed by atoms with E-state index in [1.165, 1.54) is 19.8 Å². The average Bonchev–Trinajstić information content (AvgIpc) is 2.70. The molecule has 0 radical (unpaired) electrons. The first-order valence-electron chi connectivity index (χ1n) is 5.41. The van der Waals surface area contributed by atoms with Gasteiger partial charge in [-0.1, -0.05) is 12.1 Å². The lowest BCUT2D eigenvalue weighted by atomic mass is 10.0. The Hall–Kier alpha value is 0.190. The van der Waals surface area contributed by atoms with E-state index >= 15 is 0 Å². The molecular formula is C13H13Br2NS2. The van der Waals surface area contributed by atoms with Crippen molar-refractivity contribution in [3.8, 4) is 0 Å². The molecule has 0 amide bonds. The van der Waals surface area contributed by atoms with Gasteiger partial charge in [-0.05, 0) is 74.5 Å². The van der Waals surface area contributed by atoms with Gasteiger partial charge in [-0.2, -0.15) is 0 Å². The quantitative estimate of drug-likeness (QED) is 0.691. The van der Waals surface area contributed by atoms with Gasteiger partial charge in [0.25, 0.3) is 0 Å². The molecule has 1 aromatic carbocycles. The molecule has 1 atom stereocenters. The molecule has 1 aromatic heterocycles. The Morgan fingerprint density at radius 3 is 2.33 bits per heavy atom. The number of halogens is 2. The second kappa shape index (κ2) is 6.57. The summed E-state index contributed by atoms with van der Waals surface area (Å²) in [4.78, 5) is 1.29. The van der Waals surface area contributed by atoms with Crippen molar-refractivity contribution in [1.82, 2.24) is 5.32 Å². The summed E-state index contributed by atoms with van der Waals surface area (Å²) in [5.41, 5.74) is 2.55. The van der Waals surface area contributed by atoms with Gasteiger partial charge >= 0.3 is 0 Å². The Labute approximate surface area is 133 Å². The number of hydrogen-bond donors (Lipinski definition) is 1. The highest BCUT2D eigenvalue weighted by Crippen LogP contribution is 2.37. The van der Waals surface area contributed by atoms with Crippen molar-refractivity contribution in [1.29, 1.82) is 0 Å². The monoisotopic (exact) mass is 405 g/mol. The normalized spacial score (nSPS) is 12.7. The molecule has 5 heteroatoms. The minimum Gasteiger partial charge on any atom is -0.309 e. The van der Waals surface area contributed by atoms with Gasteiger partial charge in [0.2, 0.25) is 0 Å². The van der Waals surface area contributed by atoms with Crippen LogP contribution in [0, 0.1) is 0 Å². The fourth-order valence-corrected chi connectivity index (χ4v) is 5.16. The van der Waals surface area contributed by atoms with Gasteiger partial charge in [-0.3, -0.25) is 0 Å². The topological polar surface area (TPSA) is 12.0 Å². The van der Waals surface area contributed by atoms with E-state index in [-0.39, 0.29) is 6.04 Å². The summed E-state index contributed by atoms with van der Waals surface area (Å²) in [6.07, 6.45) is 2.09. The maximum atomic E-state index is 3.63. The standard InChI is InChI=1S/C13H13Br2NS2/c1-16-12(10-7-11(14)18-13(10)15)8-3-5-9(17-2)6-4-8/h3-7,12,16H,1-2H3. The average molecular weight is 407 g/mol. The molecule has 0 spiro atoms. The summed E-state index contributed by atoms with van der Waals surface area (Å²) >= 11 is 10.6. The van der Waals surface area contributed by atoms with Crippen molar-refractivity contribution in [2.45, 2.75) is 10.9 Å². The van der Waals surface area contributed by atoms with Gasteiger partial charge in [0.05, 0.1) is 13.6 Å². The minimum atomic E-state index is 0.220. The molecule has 18 heavy (non-hydrogen) atoms. The summed E-state index contributed by atoms with van der Waals surface area (Å²) in [6, 6.07) is 11.1. The maximum absolute atomic E-state index is 3.63. The summed E-state index contributed by atoms with van der Waals surface area (Å²) < 4.78 is 2.31. The fourth-order valence-electron chi connectivity index (χ4n) is 1.85. The molecule has 0 aliphatic carbocycles. The van der Waals surface area contributed by atoms with Crippen LogP contribution < -0.4 is 5.32 Å². The Morgan fingerprint density at radius 1 is 1.22 bits per heavy atom. The number of hydrogen-bond acceptors (Lipinski definition) is 3. The van der Waals surface area contributed by atoms with Crippen molar-refractivity contribution in [2.75, 3.05) is 13.3 Å². The van der Waals surface area contributed by atoms with Crippen LogP contribution in [0.1, 0.15) is 17.2 Å². The molecule has 2 rings (SSSR count). The van der Waals surface area contributed by atoms with Crippen LogP contribution in [0.15, 0.2) is 42.8 Å². The fraction of sp³-hybridized carbons (Fsp3) is 0.231. The Bertz CT molecular complexity index is 522. The van der Waals surface area contributed by atoms with E-state index in [0.29, 0.717) is 0 Å². The zero-order valence-corrected chi connectivity index (χ0v) is 14.8. The van der Waals surface area contributed by atoms with Crippen LogP contribution in [0.3, 0.4) is 0 Å². The largest absolute Gasteiger partial charge is 0.309 e. The van der Waals surface area contributed by atoms with Crippen molar-refractivity contribution in [3.05, 3.63) is 49.0 Å². The molecule has 0 fully saturated rings. The van der Waals surface area contributed by atoms with Gasteiger partial charge in [-0.15, -0.1) is 23.1 Å².